The SMILES string of the molecule is Cc1ccc(C2C(c3ccc(Cl)cc3Cl)C=CC3C(=O)NCC32)cc1. The molecule has 1 aliphatic carbocycles. The summed E-state index contributed by atoms with van der Waals surface area (Å²) >= 11 is 12.6. The maximum absolute atomic E-state index is 12.2. The Bertz CT molecular complexity index is 843. The van der Waals surface area contributed by atoms with Gasteiger partial charge < -0.3 is 5.32 Å². The number of benzene rings is 2. The number of halogens is 2. The van der Waals surface area contributed by atoms with E-state index < -0.39 is 0 Å². The number of hydrogen-bond acceptors (Lipinski definition) is 1. The second kappa shape index (κ2) is 6.51. The van der Waals surface area contributed by atoms with Crippen molar-refractivity contribution in [3.8, 4) is 0 Å². The van der Waals surface area contributed by atoms with Gasteiger partial charge in [0.05, 0.1) is 5.92 Å². The van der Waals surface area contributed by atoms with E-state index in [0.717, 1.165) is 5.56 Å². The van der Waals surface area contributed by atoms with Crippen LogP contribution in [0.2, 0.25) is 10.0 Å². The predicted molar refractivity (Wildman–Crippen MR) is 102 cm³/mol. The minimum absolute atomic E-state index is 0.0615. The van der Waals surface area contributed by atoms with Crippen molar-refractivity contribution in [3.63, 3.8) is 0 Å². The fourth-order valence-electron chi connectivity index (χ4n) is 4.18. The third kappa shape index (κ3) is 2.98. The molecule has 0 bridgehead atoms. The third-order valence-electron chi connectivity index (χ3n) is 5.43. The first kappa shape index (κ1) is 16.7. The van der Waals surface area contributed by atoms with Crippen LogP contribution in [0.4, 0.5) is 0 Å². The monoisotopic (exact) mass is 371 g/mol. The van der Waals surface area contributed by atoms with Gasteiger partial charge in [-0.05, 0) is 42.0 Å². The summed E-state index contributed by atoms with van der Waals surface area (Å²) in [6, 6.07) is 14.3. The summed E-state index contributed by atoms with van der Waals surface area (Å²) in [6.07, 6.45) is 4.19. The highest BCUT2D eigenvalue weighted by Gasteiger charge is 2.44. The molecule has 1 aliphatic heterocycles. The second-order valence-electron chi connectivity index (χ2n) is 6.95. The smallest absolute Gasteiger partial charge is 0.227 e. The lowest BCUT2D eigenvalue weighted by atomic mass is 9.67. The Labute approximate surface area is 157 Å². The van der Waals surface area contributed by atoms with Crippen LogP contribution in [0.15, 0.2) is 54.6 Å². The van der Waals surface area contributed by atoms with Gasteiger partial charge in [0.25, 0.3) is 0 Å². The van der Waals surface area contributed by atoms with Crippen LogP contribution in [-0.2, 0) is 4.79 Å². The molecule has 2 aromatic carbocycles. The molecule has 4 unspecified atom stereocenters. The molecule has 2 nitrogen and oxygen atoms in total. The lowest BCUT2D eigenvalue weighted by molar-refractivity contribution is -0.121. The molecule has 0 radical (unpaired) electrons. The third-order valence-corrected chi connectivity index (χ3v) is 6.00. The molecular formula is C21H19Cl2NO. The van der Waals surface area contributed by atoms with Crippen molar-refractivity contribution in [2.45, 2.75) is 18.8 Å². The van der Waals surface area contributed by atoms with Crippen LogP contribution in [0.1, 0.15) is 28.5 Å². The summed E-state index contributed by atoms with van der Waals surface area (Å²) in [4.78, 5) is 12.2. The average Bonchev–Trinajstić information content (AvgIpc) is 2.97. The van der Waals surface area contributed by atoms with E-state index in [1.165, 1.54) is 11.1 Å². The number of rotatable bonds is 2. The fourth-order valence-corrected chi connectivity index (χ4v) is 4.71. The molecule has 0 spiro atoms. The molecule has 2 aliphatic rings. The van der Waals surface area contributed by atoms with Gasteiger partial charge in [0.1, 0.15) is 0 Å². The Kier molecular flexibility index (Phi) is 4.35. The van der Waals surface area contributed by atoms with Crippen molar-refractivity contribution in [2.75, 3.05) is 6.54 Å². The van der Waals surface area contributed by atoms with E-state index in [-0.39, 0.29) is 29.6 Å². The molecule has 1 fully saturated rings. The molecule has 1 amide bonds. The molecule has 1 heterocycles. The number of carbonyl (C=O) groups excluding carboxylic acids is 1. The van der Waals surface area contributed by atoms with Gasteiger partial charge in [-0.25, -0.2) is 0 Å². The number of nitrogens with one attached hydrogen (secondary N) is 1. The highest BCUT2D eigenvalue weighted by Crippen LogP contribution is 2.49. The van der Waals surface area contributed by atoms with Crippen molar-refractivity contribution < 1.29 is 4.79 Å². The number of fused-ring (bicyclic) bond motifs is 1. The molecule has 2 aromatic rings. The molecular weight excluding hydrogens is 353 g/mol. The summed E-state index contributed by atoms with van der Waals surface area (Å²) in [5.41, 5.74) is 3.54. The normalized spacial score (nSPS) is 27.9. The number of amides is 1. The minimum atomic E-state index is -0.0615. The summed E-state index contributed by atoms with van der Waals surface area (Å²) < 4.78 is 0. The number of hydrogen-bond donors (Lipinski definition) is 1. The summed E-state index contributed by atoms with van der Waals surface area (Å²) in [6.45, 7) is 2.79. The minimum Gasteiger partial charge on any atom is -0.355 e. The first-order valence-electron chi connectivity index (χ1n) is 8.52. The van der Waals surface area contributed by atoms with Crippen molar-refractivity contribution in [1.82, 2.24) is 5.32 Å². The lowest BCUT2D eigenvalue weighted by Gasteiger charge is -2.36. The average molecular weight is 372 g/mol. The largest absolute Gasteiger partial charge is 0.355 e. The zero-order valence-electron chi connectivity index (χ0n) is 13.9. The second-order valence-corrected chi connectivity index (χ2v) is 7.79. The Hall–Kier alpha value is -1.77. The topological polar surface area (TPSA) is 29.1 Å². The van der Waals surface area contributed by atoms with Crippen LogP contribution in [-0.4, -0.2) is 12.5 Å². The molecule has 1 saturated heterocycles. The molecule has 4 rings (SSSR count). The maximum Gasteiger partial charge on any atom is 0.227 e. The van der Waals surface area contributed by atoms with Gasteiger partial charge in [0.15, 0.2) is 0 Å². The van der Waals surface area contributed by atoms with Gasteiger partial charge in [-0.15, -0.1) is 0 Å². The summed E-state index contributed by atoms with van der Waals surface area (Å²) in [5.74, 6) is 0.624. The van der Waals surface area contributed by atoms with Crippen molar-refractivity contribution >= 4 is 29.1 Å². The maximum atomic E-state index is 12.2. The van der Waals surface area contributed by atoms with E-state index in [4.69, 9.17) is 23.2 Å². The van der Waals surface area contributed by atoms with Gasteiger partial charge in [-0.1, -0.05) is 71.2 Å². The Morgan fingerprint density at radius 2 is 1.72 bits per heavy atom. The Morgan fingerprint density at radius 1 is 1.00 bits per heavy atom. The van der Waals surface area contributed by atoms with E-state index in [1.54, 1.807) is 6.07 Å². The van der Waals surface area contributed by atoms with Crippen LogP contribution in [0, 0.1) is 18.8 Å². The molecule has 1 N–H and O–H groups in total. The number of allylic oxidation sites excluding steroid dienone is 1. The van der Waals surface area contributed by atoms with Gasteiger partial charge in [-0.2, -0.15) is 0 Å². The van der Waals surface area contributed by atoms with E-state index in [2.05, 4.69) is 42.6 Å². The molecule has 25 heavy (non-hydrogen) atoms. The van der Waals surface area contributed by atoms with Crippen LogP contribution >= 0.6 is 23.2 Å². The van der Waals surface area contributed by atoms with E-state index >= 15 is 0 Å². The lowest BCUT2D eigenvalue weighted by Crippen LogP contribution is -2.29. The van der Waals surface area contributed by atoms with Crippen molar-refractivity contribution in [3.05, 3.63) is 81.4 Å². The van der Waals surface area contributed by atoms with E-state index in [0.29, 0.717) is 16.6 Å². The van der Waals surface area contributed by atoms with Gasteiger partial charge in [-0.3, -0.25) is 4.79 Å². The highest BCUT2D eigenvalue weighted by atomic mass is 35.5. The van der Waals surface area contributed by atoms with Gasteiger partial charge >= 0.3 is 0 Å². The standard InChI is InChI=1S/C21H19Cl2NO/c1-12-2-4-13(5-3-12)20-16(15-7-6-14(22)10-19(15)23)8-9-17-18(20)11-24-21(17)25/h2-10,16-18,20H,11H2,1H3,(H,24,25). The van der Waals surface area contributed by atoms with E-state index in [1.807, 2.05) is 18.2 Å². The van der Waals surface area contributed by atoms with Gasteiger partial charge in [0, 0.05) is 22.5 Å². The number of aryl methyl sites for hydroxylation is 1. The quantitative estimate of drug-likeness (QED) is 0.730. The first-order valence-corrected chi connectivity index (χ1v) is 9.28. The molecule has 4 atom stereocenters. The summed E-state index contributed by atoms with van der Waals surface area (Å²) in [5, 5.41) is 4.34. The van der Waals surface area contributed by atoms with Crippen molar-refractivity contribution in [2.24, 2.45) is 11.8 Å². The first-order chi connectivity index (χ1) is 12.0. The Morgan fingerprint density at radius 3 is 2.44 bits per heavy atom. The molecule has 4 heteroatoms. The molecule has 0 saturated carbocycles. The zero-order chi connectivity index (χ0) is 17.6. The van der Waals surface area contributed by atoms with Crippen LogP contribution in [0.3, 0.4) is 0 Å². The number of carbonyl (C=O) groups is 1. The van der Waals surface area contributed by atoms with Crippen LogP contribution < -0.4 is 5.32 Å². The van der Waals surface area contributed by atoms with Gasteiger partial charge in [0.2, 0.25) is 5.91 Å². The molecule has 0 aromatic heterocycles. The zero-order valence-corrected chi connectivity index (χ0v) is 15.4. The molecule has 128 valence electrons. The Balaban J connectivity index is 1.83. The fraction of sp³-hybridized carbons (Fsp3) is 0.286. The van der Waals surface area contributed by atoms with Crippen LogP contribution in [0.25, 0.3) is 0 Å². The van der Waals surface area contributed by atoms with Crippen molar-refractivity contribution in [1.29, 1.82) is 0 Å². The van der Waals surface area contributed by atoms with E-state index in [9.17, 15) is 4.79 Å². The summed E-state index contributed by atoms with van der Waals surface area (Å²) in [7, 11) is 0. The highest BCUT2D eigenvalue weighted by molar-refractivity contribution is 6.35. The van der Waals surface area contributed by atoms with Crippen LogP contribution in [0.5, 0.6) is 0 Å². The predicted octanol–water partition coefficient (Wildman–Crippen LogP) is 5.10.